The zero-order valence-corrected chi connectivity index (χ0v) is 13.2. The van der Waals surface area contributed by atoms with Crippen molar-refractivity contribution < 1.29 is 4.74 Å². The molecular formula is C14H17BrN4O. The standard InChI is InChI=1S/C14H17BrN4O/c1-8(2)14-17-12(19-16)7-13(18-14)20-11-5-4-10(15)6-9(11)3/h4-8H,16H2,1-3H3,(H,17,18,19). The van der Waals surface area contributed by atoms with E-state index < -0.39 is 0 Å². The van der Waals surface area contributed by atoms with E-state index in [0.717, 1.165) is 15.8 Å². The van der Waals surface area contributed by atoms with E-state index in [4.69, 9.17) is 10.6 Å². The van der Waals surface area contributed by atoms with Crippen LogP contribution in [0.4, 0.5) is 5.82 Å². The number of halogens is 1. The quantitative estimate of drug-likeness (QED) is 0.657. The molecule has 0 aliphatic rings. The van der Waals surface area contributed by atoms with Gasteiger partial charge in [0.1, 0.15) is 17.4 Å². The maximum atomic E-state index is 5.83. The van der Waals surface area contributed by atoms with Crippen LogP contribution in [0.2, 0.25) is 0 Å². The number of nitrogen functional groups attached to an aromatic ring is 1. The van der Waals surface area contributed by atoms with Crippen molar-refractivity contribution in [2.45, 2.75) is 26.7 Å². The molecule has 0 saturated carbocycles. The number of rotatable bonds is 4. The van der Waals surface area contributed by atoms with Crippen molar-refractivity contribution in [3.05, 3.63) is 40.1 Å². The van der Waals surface area contributed by atoms with Crippen LogP contribution in [-0.4, -0.2) is 9.97 Å². The summed E-state index contributed by atoms with van der Waals surface area (Å²) in [5, 5.41) is 0. The number of aromatic nitrogens is 2. The predicted octanol–water partition coefficient (Wildman–Crippen LogP) is 3.75. The SMILES string of the molecule is Cc1cc(Br)ccc1Oc1cc(NN)nc(C(C)C)n1. The fraction of sp³-hybridized carbons (Fsp3) is 0.286. The Bertz CT molecular complexity index is 616. The predicted molar refractivity (Wildman–Crippen MR) is 82.9 cm³/mol. The van der Waals surface area contributed by atoms with Crippen molar-refractivity contribution in [1.82, 2.24) is 9.97 Å². The van der Waals surface area contributed by atoms with Crippen molar-refractivity contribution in [2.75, 3.05) is 5.43 Å². The van der Waals surface area contributed by atoms with E-state index in [2.05, 4.69) is 31.3 Å². The number of nitrogens with one attached hydrogen (secondary N) is 1. The first-order valence-electron chi connectivity index (χ1n) is 6.29. The molecule has 0 spiro atoms. The molecule has 20 heavy (non-hydrogen) atoms. The number of hydrogen-bond donors (Lipinski definition) is 2. The molecule has 1 heterocycles. The zero-order chi connectivity index (χ0) is 14.7. The molecule has 0 aliphatic heterocycles. The number of benzene rings is 1. The molecule has 3 N–H and O–H groups in total. The van der Waals surface area contributed by atoms with Crippen LogP contribution < -0.4 is 16.0 Å². The van der Waals surface area contributed by atoms with Crippen molar-refractivity contribution in [3.63, 3.8) is 0 Å². The summed E-state index contributed by atoms with van der Waals surface area (Å²) in [6.45, 7) is 6.02. The Balaban J connectivity index is 2.34. The highest BCUT2D eigenvalue weighted by Gasteiger charge is 2.10. The summed E-state index contributed by atoms with van der Waals surface area (Å²) in [4.78, 5) is 8.69. The smallest absolute Gasteiger partial charge is 0.224 e. The van der Waals surface area contributed by atoms with Gasteiger partial charge in [-0.25, -0.2) is 10.8 Å². The number of hydrogen-bond acceptors (Lipinski definition) is 5. The molecule has 2 aromatic rings. The Morgan fingerprint density at radius 3 is 2.60 bits per heavy atom. The van der Waals surface area contributed by atoms with Crippen molar-refractivity contribution in [1.29, 1.82) is 0 Å². The van der Waals surface area contributed by atoms with Gasteiger partial charge in [0.15, 0.2) is 0 Å². The fourth-order valence-electron chi connectivity index (χ4n) is 1.67. The minimum absolute atomic E-state index is 0.191. The summed E-state index contributed by atoms with van der Waals surface area (Å²) >= 11 is 3.43. The molecule has 0 atom stereocenters. The van der Waals surface area contributed by atoms with E-state index in [1.807, 2.05) is 39.0 Å². The van der Waals surface area contributed by atoms with Gasteiger partial charge in [0, 0.05) is 16.5 Å². The monoisotopic (exact) mass is 336 g/mol. The fourth-order valence-corrected chi connectivity index (χ4v) is 2.14. The van der Waals surface area contributed by atoms with E-state index in [-0.39, 0.29) is 5.92 Å². The van der Waals surface area contributed by atoms with Gasteiger partial charge in [-0.3, -0.25) is 0 Å². The first-order chi connectivity index (χ1) is 9.49. The third-order valence-corrected chi connectivity index (χ3v) is 3.23. The van der Waals surface area contributed by atoms with Crippen LogP contribution in [0, 0.1) is 6.92 Å². The normalized spacial score (nSPS) is 10.7. The molecule has 0 unspecified atom stereocenters. The van der Waals surface area contributed by atoms with Gasteiger partial charge in [-0.2, -0.15) is 4.98 Å². The molecule has 0 amide bonds. The summed E-state index contributed by atoms with van der Waals surface area (Å²) in [6.07, 6.45) is 0. The average Bonchev–Trinajstić information content (AvgIpc) is 2.41. The van der Waals surface area contributed by atoms with Gasteiger partial charge in [0.05, 0.1) is 0 Å². The number of hydrazine groups is 1. The Morgan fingerprint density at radius 1 is 1.25 bits per heavy atom. The summed E-state index contributed by atoms with van der Waals surface area (Å²) in [5.74, 6) is 8.07. The lowest BCUT2D eigenvalue weighted by molar-refractivity contribution is 0.454. The molecule has 0 fully saturated rings. The molecule has 106 valence electrons. The summed E-state index contributed by atoms with van der Waals surface area (Å²) in [7, 11) is 0. The second-order valence-corrected chi connectivity index (χ2v) is 5.68. The van der Waals surface area contributed by atoms with Crippen molar-refractivity contribution in [2.24, 2.45) is 5.84 Å². The van der Waals surface area contributed by atoms with Gasteiger partial charge in [-0.1, -0.05) is 29.8 Å². The van der Waals surface area contributed by atoms with E-state index >= 15 is 0 Å². The lowest BCUT2D eigenvalue weighted by Crippen LogP contribution is -2.11. The van der Waals surface area contributed by atoms with E-state index in [1.54, 1.807) is 6.07 Å². The van der Waals surface area contributed by atoms with Crippen LogP contribution in [0.5, 0.6) is 11.6 Å². The van der Waals surface area contributed by atoms with Gasteiger partial charge in [0.25, 0.3) is 0 Å². The highest BCUT2D eigenvalue weighted by molar-refractivity contribution is 9.10. The van der Waals surface area contributed by atoms with Crippen LogP contribution in [0.25, 0.3) is 0 Å². The highest BCUT2D eigenvalue weighted by atomic mass is 79.9. The summed E-state index contributed by atoms with van der Waals surface area (Å²) in [5.41, 5.74) is 3.55. The lowest BCUT2D eigenvalue weighted by atomic mass is 10.2. The van der Waals surface area contributed by atoms with Gasteiger partial charge >= 0.3 is 0 Å². The number of anilines is 1. The molecule has 6 heteroatoms. The molecule has 1 aromatic heterocycles. The van der Waals surface area contributed by atoms with Gasteiger partial charge in [0.2, 0.25) is 5.88 Å². The van der Waals surface area contributed by atoms with Crippen LogP contribution in [0.3, 0.4) is 0 Å². The minimum atomic E-state index is 0.191. The third-order valence-electron chi connectivity index (χ3n) is 2.74. The maximum Gasteiger partial charge on any atom is 0.224 e. The van der Waals surface area contributed by atoms with Crippen LogP contribution in [0.1, 0.15) is 31.2 Å². The van der Waals surface area contributed by atoms with Crippen LogP contribution in [0.15, 0.2) is 28.7 Å². The van der Waals surface area contributed by atoms with Crippen molar-refractivity contribution in [3.8, 4) is 11.6 Å². The van der Waals surface area contributed by atoms with Crippen molar-refractivity contribution >= 4 is 21.7 Å². The third kappa shape index (κ3) is 3.46. The number of nitrogens with zero attached hydrogens (tertiary/aromatic N) is 2. The number of ether oxygens (including phenoxy) is 1. The Kier molecular flexibility index (Phi) is 4.57. The van der Waals surface area contributed by atoms with Gasteiger partial charge in [-0.05, 0) is 30.7 Å². The Hall–Kier alpha value is -1.66. The van der Waals surface area contributed by atoms with E-state index in [1.165, 1.54) is 0 Å². The maximum absolute atomic E-state index is 5.83. The Labute approximate surface area is 126 Å². The molecule has 0 saturated heterocycles. The average molecular weight is 337 g/mol. The van der Waals surface area contributed by atoms with E-state index in [0.29, 0.717) is 17.5 Å². The van der Waals surface area contributed by atoms with Gasteiger partial charge < -0.3 is 10.2 Å². The van der Waals surface area contributed by atoms with Crippen LogP contribution in [-0.2, 0) is 0 Å². The minimum Gasteiger partial charge on any atom is -0.439 e. The largest absolute Gasteiger partial charge is 0.439 e. The second-order valence-electron chi connectivity index (χ2n) is 4.76. The molecule has 1 aromatic carbocycles. The van der Waals surface area contributed by atoms with Crippen LogP contribution >= 0.6 is 15.9 Å². The molecule has 0 radical (unpaired) electrons. The number of aryl methyl sites for hydroxylation is 1. The zero-order valence-electron chi connectivity index (χ0n) is 11.6. The summed E-state index contributed by atoms with van der Waals surface area (Å²) in [6, 6.07) is 7.48. The molecular weight excluding hydrogens is 320 g/mol. The lowest BCUT2D eigenvalue weighted by Gasteiger charge is -2.12. The molecule has 2 rings (SSSR count). The first kappa shape index (κ1) is 14.7. The highest BCUT2D eigenvalue weighted by Crippen LogP contribution is 2.28. The summed E-state index contributed by atoms with van der Waals surface area (Å²) < 4.78 is 6.84. The first-order valence-corrected chi connectivity index (χ1v) is 7.08. The molecule has 5 nitrogen and oxygen atoms in total. The second kappa shape index (κ2) is 6.19. The molecule has 0 bridgehead atoms. The molecule has 0 aliphatic carbocycles. The topological polar surface area (TPSA) is 73.1 Å². The Morgan fingerprint density at radius 2 is 2.00 bits per heavy atom. The van der Waals surface area contributed by atoms with Gasteiger partial charge in [-0.15, -0.1) is 0 Å². The number of nitrogens with two attached hydrogens (primary N) is 1. The van der Waals surface area contributed by atoms with E-state index in [9.17, 15) is 0 Å².